The van der Waals surface area contributed by atoms with Crippen LogP contribution in [-0.2, 0) is 9.59 Å². The first-order valence-electron chi connectivity index (χ1n) is 9.40. The molecule has 144 valence electrons. The minimum Gasteiger partial charge on any atom is -0.273 e. The number of thioether (sulfide) groups is 1. The van der Waals surface area contributed by atoms with Crippen LogP contribution in [0.4, 0.5) is 5.69 Å². The molecule has 0 saturated heterocycles. The van der Waals surface area contributed by atoms with E-state index in [0.717, 1.165) is 24.2 Å². The summed E-state index contributed by atoms with van der Waals surface area (Å²) in [5, 5.41) is 10.7. The van der Waals surface area contributed by atoms with Crippen LogP contribution in [-0.4, -0.2) is 22.5 Å². The maximum Gasteiger partial charge on any atom is 0.269 e. The molecule has 4 fully saturated rings. The number of nitro groups is 1. The van der Waals surface area contributed by atoms with Crippen LogP contribution in [0.3, 0.4) is 0 Å². The van der Waals surface area contributed by atoms with Crippen molar-refractivity contribution in [3.8, 4) is 0 Å². The van der Waals surface area contributed by atoms with Gasteiger partial charge in [0.25, 0.3) is 5.69 Å². The van der Waals surface area contributed by atoms with E-state index in [1.165, 1.54) is 43.2 Å². The third-order valence-corrected chi connectivity index (χ3v) is 7.26. The minimum absolute atomic E-state index is 0.0200. The molecule has 27 heavy (non-hydrogen) atoms. The predicted molar refractivity (Wildman–Crippen MR) is 101 cm³/mol. The fraction of sp³-hybridized carbons (Fsp3) is 0.579. The lowest BCUT2D eigenvalue weighted by atomic mass is 9.49. The average Bonchev–Trinajstić information content (AvgIpc) is 2.63. The monoisotopic (exact) mass is 389 g/mol. The predicted octanol–water partition coefficient (Wildman–Crippen LogP) is 3.05. The summed E-state index contributed by atoms with van der Waals surface area (Å²) in [6, 6.07) is 6.05. The Labute approximate surface area is 161 Å². The van der Waals surface area contributed by atoms with Crippen molar-refractivity contribution in [2.45, 2.75) is 43.4 Å². The van der Waals surface area contributed by atoms with Crippen molar-refractivity contribution in [3.63, 3.8) is 0 Å². The van der Waals surface area contributed by atoms with E-state index in [-0.39, 0.29) is 28.7 Å². The molecule has 1 aromatic rings. The Morgan fingerprint density at radius 2 is 1.59 bits per heavy atom. The molecule has 4 aliphatic carbocycles. The Kier molecular flexibility index (Phi) is 4.84. The zero-order chi connectivity index (χ0) is 19.0. The molecular formula is C19H23N3O4S. The van der Waals surface area contributed by atoms with E-state index in [4.69, 9.17) is 0 Å². The number of non-ortho nitro benzene ring substituents is 1. The fourth-order valence-electron chi connectivity index (χ4n) is 5.50. The van der Waals surface area contributed by atoms with E-state index in [1.54, 1.807) is 12.1 Å². The number of hydrogen-bond donors (Lipinski definition) is 2. The van der Waals surface area contributed by atoms with Gasteiger partial charge in [-0.3, -0.25) is 30.6 Å². The maximum absolute atomic E-state index is 12.8. The van der Waals surface area contributed by atoms with Crippen molar-refractivity contribution in [2.24, 2.45) is 23.2 Å². The third kappa shape index (κ3) is 3.81. The van der Waals surface area contributed by atoms with Crippen LogP contribution in [0.15, 0.2) is 29.2 Å². The van der Waals surface area contributed by atoms with Crippen LogP contribution in [0.5, 0.6) is 0 Å². The normalized spacial score (nSPS) is 30.7. The van der Waals surface area contributed by atoms with Crippen LogP contribution < -0.4 is 10.9 Å². The number of amides is 2. The molecule has 0 radical (unpaired) electrons. The summed E-state index contributed by atoms with van der Waals surface area (Å²) < 4.78 is 0. The van der Waals surface area contributed by atoms with Gasteiger partial charge in [0.05, 0.1) is 16.1 Å². The number of benzene rings is 1. The molecule has 0 atom stereocenters. The van der Waals surface area contributed by atoms with Crippen molar-refractivity contribution in [1.29, 1.82) is 0 Å². The molecule has 0 aliphatic heterocycles. The number of hydrazine groups is 1. The van der Waals surface area contributed by atoms with Crippen molar-refractivity contribution < 1.29 is 14.5 Å². The van der Waals surface area contributed by atoms with Gasteiger partial charge in [-0.2, -0.15) is 0 Å². The summed E-state index contributed by atoms with van der Waals surface area (Å²) >= 11 is 1.27. The topological polar surface area (TPSA) is 101 Å². The Hall–Kier alpha value is -2.09. The van der Waals surface area contributed by atoms with Gasteiger partial charge in [-0.05, 0) is 68.4 Å². The summed E-state index contributed by atoms with van der Waals surface area (Å²) in [6.45, 7) is 0. The van der Waals surface area contributed by atoms with Gasteiger partial charge in [0, 0.05) is 17.0 Å². The van der Waals surface area contributed by atoms with E-state index in [2.05, 4.69) is 10.9 Å². The average molecular weight is 389 g/mol. The number of carbonyl (C=O) groups excluding carboxylic acids is 2. The van der Waals surface area contributed by atoms with E-state index >= 15 is 0 Å². The van der Waals surface area contributed by atoms with Crippen molar-refractivity contribution in [2.75, 3.05) is 5.75 Å². The number of nitrogens with zero attached hydrogens (tertiary/aromatic N) is 1. The molecule has 0 aromatic heterocycles. The summed E-state index contributed by atoms with van der Waals surface area (Å²) in [4.78, 5) is 35.8. The van der Waals surface area contributed by atoms with E-state index in [9.17, 15) is 19.7 Å². The molecule has 2 amide bonds. The van der Waals surface area contributed by atoms with Gasteiger partial charge >= 0.3 is 0 Å². The van der Waals surface area contributed by atoms with Gasteiger partial charge in [-0.25, -0.2) is 0 Å². The van der Waals surface area contributed by atoms with Crippen LogP contribution in [0.25, 0.3) is 0 Å². The molecule has 0 unspecified atom stereocenters. The molecule has 0 spiro atoms. The highest BCUT2D eigenvalue weighted by atomic mass is 32.2. The van der Waals surface area contributed by atoms with Crippen LogP contribution in [0.1, 0.15) is 38.5 Å². The smallest absolute Gasteiger partial charge is 0.269 e. The van der Waals surface area contributed by atoms with Crippen LogP contribution >= 0.6 is 11.8 Å². The summed E-state index contributed by atoms with van der Waals surface area (Å²) in [5.41, 5.74) is 4.93. The molecule has 1 aromatic carbocycles. The van der Waals surface area contributed by atoms with Gasteiger partial charge in [-0.15, -0.1) is 11.8 Å². The summed E-state index contributed by atoms with van der Waals surface area (Å²) in [7, 11) is 0. The molecule has 4 aliphatic rings. The number of carbonyl (C=O) groups is 2. The zero-order valence-electron chi connectivity index (χ0n) is 15.0. The molecule has 2 N–H and O–H groups in total. The van der Waals surface area contributed by atoms with E-state index in [0.29, 0.717) is 17.8 Å². The lowest BCUT2D eigenvalue weighted by molar-refractivity contribution is -0.384. The van der Waals surface area contributed by atoms with Gasteiger partial charge in [0.15, 0.2) is 0 Å². The second-order valence-electron chi connectivity index (χ2n) is 8.24. The number of nitro benzene ring substituents is 1. The zero-order valence-corrected chi connectivity index (χ0v) is 15.8. The highest BCUT2D eigenvalue weighted by molar-refractivity contribution is 8.00. The minimum atomic E-state index is -0.457. The molecule has 8 heteroatoms. The first-order chi connectivity index (χ1) is 12.9. The SMILES string of the molecule is O=C(CSc1ccc([N+](=O)[O-])cc1)NNC(=O)C12CC3CC(CC(C3)C1)C2. The Bertz CT molecular complexity index is 729. The van der Waals surface area contributed by atoms with Crippen LogP contribution in [0.2, 0.25) is 0 Å². The largest absolute Gasteiger partial charge is 0.273 e. The Balaban J connectivity index is 1.26. The Morgan fingerprint density at radius 1 is 1.04 bits per heavy atom. The second kappa shape index (κ2) is 7.14. The quantitative estimate of drug-likeness (QED) is 0.458. The maximum atomic E-state index is 12.8. The summed E-state index contributed by atoms with van der Waals surface area (Å²) in [6.07, 6.45) is 6.68. The fourth-order valence-corrected chi connectivity index (χ4v) is 6.20. The van der Waals surface area contributed by atoms with Gasteiger partial charge in [-0.1, -0.05) is 0 Å². The molecule has 0 heterocycles. The summed E-state index contributed by atoms with van der Waals surface area (Å²) in [5.74, 6) is 1.85. The van der Waals surface area contributed by atoms with E-state index < -0.39 is 4.92 Å². The molecule has 4 saturated carbocycles. The highest BCUT2D eigenvalue weighted by Gasteiger charge is 2.54. The highest BCUT2D eigenvalue weighted by Crippen LogP contribution is 2.60. The first kappa shape index (κ1) is 18.3. The van der Waals surface area contributed by atoms with Crippen LogP contribution in [0, 0.1) is 33.3 Å². The lowest BCUT2D eigenvalue weighted by Gasteiger charge is -2.55. The number of nitrogens with one attached hydrogen (secondary N) is 2. The van der Waals surface area contributed by atoms with Gasteiger partial charge in [0.2, 0.25) is 11.8 Å². The van der Waals surface area contributed by atoms with Crippen molar-refractivity contribution >= 4 is 29.3 Å². The van der Waals surface area contributed by atoms with E-state index in [1.807, 2.05) is 0 Å². The third-order valence-electron chi connectivity index (χ3n) is 6.25. The second-order valence-corrected chi connectivity index (χ2v) is 9.29. The lowest BCUT2D eigenvalue weighted by Crippen LogP contribution is -2.56. The van der Waals surface area contributed by atoms with Gasteiger partial charge in [0.1, 0.15) is 0 Å². The molecule has 5 rings (SSSR count). The first-order valence-corrected chi connectivity index (χ1v) is 10.4. The number of hydrogen-bond acceptors (Lipinski definition) is 5. The Morgan fingerprint density at radius 3 is 2.11 bits per heavy atom. The molecular weight excluding hydrogens is 366 g/mol. The van der Waals surface area contributed by atoms with Crippen molar-refractivity contribution in [3.05, 3.63) is 34.4 Å². The number of rotatable bonds is 5. The molecule has 4 bridgehead atoms. The standard InChI is InChI=1S/C19H23N3O4S/c23-17(11-27-16-3-1-15(2-4-16)22(25)26)20-21-18(24)19-8-12-5-13(9-19)7-14(6-12)10-19/h1-4,12-14H,5-11H2,(H,20,23)(H,21,24). The molecule has 7 nitrogen and oxygen atoms in total. The van der Waals surface area contributed by atoms with Gasteiger partial charge < -0.3 is 0 Å². The van der Waals surface area contributed by atoms with Crippen molar-refractivity contribution in [1.82, 2.24) is 10.9 Å².